The number of nitrogens with two attached hydrogens (primary N) is 1. The van der Waals surface area contributed by atoms with Crippen LogP contribution in [0.2, 0.25) is 0 Å². The Hall–Kier alpha value is -1.94. The lowest BCUT2D eigenvalue weighted by atomic mass is 10.1. The number of benzene rings is 2. The maximum absolute atomic E-state index is 14.2. The van der Waals surface area contributed by atoms with Crippen LogP contribution in [-0.2, 0) is 0 Å². The van der Waals surface area contributed by atoms with Crippen molar-refractivity contribution >= 4 is 11.4 Å². The molecule has 1 atom stereocenters. The molecule has 0 fully saturated rings. The third-order valence-electron chi connectivity index (χ3n) is 3.25. The largest absolute Gasteiger partial charge is 0.337 e. The lowest BCUT2D eigenvalue weighted by Gasteiger charge is -2.24. The molecule has 0 saturated heterocycles. The summed E-state index contributed by atoms with van der Waals surface area (Å²) in [6.07, 6.45) is 0. The van der Waals surface area contributed by atoms with Gasteiger partial charge in [-0.3, -0.25) is 0 Å². The van der Waals surface area contributed by atoms with E-state index in [-0.39, 0.29) is 11.9 Å². The minimum atomic E-state index is -0.398. The number of hydrogen-bond acceptors (Lipinski definition) is 2. The highest BCUT2D eigenvalue weighted by atomic mass is 19.1. The minimum Gasteiger partial charge on any atom is -0.337 e. The van der Waals surface area contributed by atoms with Gasteiger partial charge in [0.2, 0.25) is 0 Å². The molecule has 0 spiro atoms. The van der Waals surface area contributed by atoms with Gasteiger partial charge < -0.3 is 10.6 Å². The molecular weight excluding hydrogens is 258 g/mol. The molecule has 0 amide bonds. The summed E-state index contributed by atoms with van der Waals surface area (Å²) in [6.45, 7) is 4.11. The first-order chi connectivity index (χ1) is 9.54. The monoisotopic (exact) mass is 276 g/mol. The summed E-state index contributed by atoms with van der Waals surface area (Å²) in [5, 5.41) is 0. The molecule has 20 heavy (non-hydrogen) atoms. The molecule has 2 aromatic rings. The van der Waals surface area contributed by atoms with Crippen molar-refractivity contribution in [1.29, 1.82) is 0 Å². The van der Waals surface area contributed by atoms with E-state index in [0.29, 0.717) is 17.9 Å². The predicted octanol–water partition coefficient (Wildman–Crippen LogP) is 4.14. The molecule has 2 nitrogen and oxygen atoms in total. The highest BCUT2D eigenvalue weighted by molar-refractivity contribution is 5.64. The lowest BCUT2D eigenvalue weighted by Crippen LogP contribution is -2.19. The van der Waals surface area contributed by atoms with Crippen LogP contribution < -0.4 is 10.6 Å². The highest BCUT2D eigenvalue weighted by Gasteiger charge is 2.16. The van der Waals surface area contributed by atoms with Gasteiger partial charge in [0.25, 0.3) is 0 Å². The molecule has 0 saturated carbocycles. The summed E-state index contributed by atoms with van der Waals surface area (Å²) in [4.78, 5) is 1.61. The minimum absolute atomic E-state index is 0.234. The maximum atomic E-state index is 14.2. The van der Waals surface area contributed by atoms with Gasteiger partial charge in [-0.25, -0.2) is 8.78 Å². The summed E-state index contributed by atoms with van der Waals surface area (Å²) in [6, 6.07) is 10.9. The van der Waals surface area contributed by atoms with Crippen LogP contribution in [0.25, 0.3) is 0 Å². The molecule has 0 aromatic heterocycles. The van der Waals surface area contributed by atoms with Crippen molar-refractivity contribution in [3.63, 3.8) is 0 Å². The van der Waals surface area contributed by atoms with Crippen LogP contribution in [0.1, 0.15) is 25.5 Å². The van der Waals surface area contributed by atoms with Crippen molar-refractivity contribution in [1.82, 2.24) is 0 Å². The Morgan fingerprint density at radius 1 is 1.05 bits per heavy atom. The second kappa shape index (κ2) is 6.01. The molecule has 1 unspecified atom stereocenters. The Kier molecular flexibility index (Phi) is 4.35. The third-order valence-corrected chi connectivity index (χ3v) is 3.25. The second-order valence-electron chi connectivity index (χ2n) is 4.70. The lowest BCUT2D eigenvalue weighted by molar-refractivity contribution is 0.611. The smallest absolute Gasteiger partial charge is 0.147 e. The van der Waals surface area contributed by atoms with Gasteiger partial charge in [-0.05, 0) is 43.7 Å². The van der Waals surface area contributed by atoms with Crippen molar-refractivity contribution in [3.8, 4) is 0 Å². The van der Waals surface area contributed by atoms with E-state index >= 15 is 0 Å². The molecule has 0 radical (unpaired) electrons. The highest BCUT2D eigenvalue weighted by Crippen LogP contribution is 2.30. The number of hydrogen-bond donors (Lipinski definition) is 1. The number of anilines is 2. The van der Waals surface area contributed by atoms with E-state index in [1.54, 1.807) is 42.2 Å². The topological polar surface area (TPSA) is 29.3 Å². The van der Waals surface area contributed by atoms with E-state index in [9.17, 15) is 8.78 Å². The van der Waals surface area contributed by atoms with Gasteiger partial charge in [0.05, 0.1) is 11.4 Å². The zero-order chi connectivity index (χ0) is 14.7. The number of rotatable bonds is 4. The first kappa shape index (κ1) is 14.5. The molecule has 2 aromatic carbocycles. The molecule has 0 aliphatic rings. The molecule has 4 heteroatoms. The summed E-state index contributed by atoms with van der Waals surface area (Å²) >= 11 is 0. The van der Waals surface area contributed by atoms with E-state index < -0.39 is 5.82 Å². The molecular formula is C16H18F2N2. The molecule has 0 aliphatic heterocycles. The fourth-order valence-corrected chi connectivity index (χ4v) is 2.17. The Morgan fingerprint density at radius 3 is 2.25 bits per heavy atom. The van der Waals surface area contributed by atoms with Gasteiger partial charge in [-0.1, -0.05) is 18.2 Å². The normalized spacial score (nSPS) is 12.2. The van der Waals surface area contributed by atoms with Crippen LogP contribution in [0.4, 0.5) is 20.2 Å². The average molecular weight is 276 g/mol. The SMILES string of the molecule is CCN(c1ccccc1F)c1ccc(C(C)N)cc1F. The number of halogens is 2. The van der Waals surface area contributed by atoms with Crippen LogP contribution in [0, 0.1) is 11.6 Å². The summed E-state index contributed by atoms with van der Waals surface area (Å²) < 4.78 is 28.1. The Bertz CT molecular complexity index is 597. The van der Waals surface area contributed by atoms with Gasteiger partial charge in [0.1, 0.15) is 11.6 Å². The molecule has 0 heterocycles. The van der Waals surface area contributed by atoms with Crippen LogP contribution in [0.15, 0.2) is 42.5 Å². The van der Waals surface area contributed by atoms with Crippen molar-refractivity contribution in [2.24, 2.45) is 5.73 Å². The molecule has 2 N–H and O–H groups in total. The van der Waals surface area contributed by atoms with E-state index in [2.05, 4.69) is 0 Å². The van der Waals surface area contributed by atoms with Crippen LogP contribution in [0.3, 0.4) is 0 Å². The van der Waals surface area contributed by atoms with Crippen molar-refractivity contribution in [3.05, 3.63) is 59.7 Å². The molecule has 0 bridgehead atoms. The number of nitrogens with zero attached hydrogens (tertiary/aromatic N) is 1. The maximum Gasteiger partial charge on any atom is 0.147 e. The zero-order valence-corrected chi connectivity index (χ0v) is 11.6. The third kappa shape index (κ3) is 2.80. The summed E-state index contributed by atoms with van der Waals surface area (Å²) in [5.41, 5.74) is 7.17. The van der Waals surface area contributed by atoms with Gasteiger partial charge >= 0.3 is 0 Å². The zero-order valence-electron chi connectivity index (χ0n) is 11.6. The summed E-state index contributed by atoms with van der Waals surface area (Å²) in [7, 11) is 0. The predicted molar refractivity (Wildman–Crippen MR) is 78.1 cm³/mol. The Morgan fingerprint density at radius 2 is 1.70 bits per heavy atom. The van der Waals surface area contributed by atoms with Crippen molar-refractivity contribution in [2.45, 2.75) is 19.9 Å². The standard InChI is InChI=1S/C16H18F2N2/c1-3-20(15-7-5-4-6-13(15)17)16-9-8-12(11(2)19)10-14(16)18/h4-11H,3,19H2,1-2H3. The molecule has 0 aliphatic carbocycles. The van der Waals surface area contributed by atoms with Gasteiger partial charge in [0, 0.05) is 12.6 Å². The molecule has 106 valence electrons. The quantitative estimate of drug-likeness (QED) is 0.909. The van der Waals surface area contributed by atoms with Gasteiger partial charge in [-0.2, -0.15) is 0 Å². The van der Waals surface area contributed by atoms with Crippen LogP contribution in [-0.4, -0.2) is 6.54 Å². The van der Waals surface area contributed by atoms with Gasteiger partial charge in [-0.15, -0.1) is 0 Å². The molecule has 2 rings (SSSR count). The number of para-hydroxylation sites is 1. The van der Waals surface area contributed by atoms with E-state index in [1.165, 1.54) is 12.1 Å². The van der Waals surface area contributed by atoms with Gasteiger partial charge in [0.15, 0.2) is 0 Å². The van der Waals surface area contributed by atoms with E-state index in [0.717, 1.165) is 5.56 Å². The van der Waals surface area contributed by atoms with E-state index in [1.807, 2.05) is 6.92 Å². The van der Waals surface area contributed by atoms with Crippen molar-refractivity contribution in [2.75, 3.05) is 11.4 Å². The fourth-order valence-electron chi connectivity index (χ4n) is 2.17. The first-order valence-electron chi connectivity index (χ1n) is 6.61. The fraction of sp³-hybridized carbons (Fsp3) is 0.250. The van der Waals surface area contributed by atoms with Crippen LogP contribution in [0.5, 0.6) is 0 Å². The Balaban J connectivity index is 2.45. The van der Waals surface area contributed by atoms with Crippen LogP contribution >= 0.6 is 0 Å². The van der Waals surface area contributed by atoms with E-state index in [4.69, 9.17) is 5.73 Å². The summed E-state index contributed by atoms with van der Waals surface area (Å²) in [5.74, 6) is -0.769. The Labute approximate surface area is 117 Å². The van der Waals surface area contributed by atoms with Crippen molar-refractivity contribution < 1.29 is 8.78 Å². The average Bonchev–Trinajstić information content (AvgIpc) is 2.43. The second-order valence-corrected chi connectivity index (χ2v) is 4.70. The first-order valence-corrected chi connectivity index (χ1v) is 6.61.